The van der Waals surface area contributed by atoms with E-state index in [-0.39, 0.29) is 11.3 Å². The first kappa shape index (κ1) is 15.2. The zero-order valence-corrected chi connectivity index (χ0v) is 12.4. The molecule has 0 heterocycles. The van der Waals surface area contributed by atoms with Gasteiger partial charge in [-0.3, -0.25) is 4.79 Å². The van der Waals surface area contributed by atoms with Gasteiger partial charge in [0.1, 0.15) is 0 Å². The van der Waals surface area contributed by atoms with Crippen molar-refractivity contribution in [3.05, 3.63) is 0 Å². The highest BCUT2D eigenvalue weighted by molar-refractivity contribution is 14.1. The number of hydrogen-bond donors (Lipinski definition) is 1. The smallest absolute Gasteiger partial charge is 0.225 e. The van der Waals surface area contributed by atoms with Crippen molar-refractivity contribution in [2.24, 2.45) is 5.41 Å². The van der Waals surface area contributed by atoms with E-state index in [0.717, 1.165) is 19.4 Å². The van der Waals surface area contributed by atoms with Crippen LogP contribution in [-0.2, 0) is 4.79 Å². The molecule has 0 aromatic heterocycles. The minimum atomic E-state index is -0.206. The Balaban J connectivity index is 3.47. The zero-order valence-electron chi connectivity index (χ0n) is 10.2. The third-order valence-corrected chi connectivity index (χ3v) is 3.61. The minimum Gasteiger partial charge on any atom is -0.356 e. The molecule has 90 valence electrons. The Hall–Kier alpha value is 0.200. The van der Waals surface area contributed by atoms with Gasteiger partial charge in [0.25, 0.3) is 0 Å². The minimum absolute atomic E-state index is 0.193. The molecule has 0 atom stereocenters. The topological polar surface area (TPSA) is 29.1 Å². The summed E-state index contributed by atoms with van der Waals surface area (Å²) >= 11 is 2.40. The van der Waals surface area contributed by atoms with Crippen LogP contribution in [0.4, 0.5) is 0 Å². The van der Waals surface area contributed by atoms with Crippen LogP contribution in [0.25, 0.3) is 0 Å². The van der Waals surface area contributed by atoms with Gasteiger partial charge in [0.2, 0.25) is 5.91 Å². The molecule has 0 fully saturated rings. The Kier molecular flexibility index (Phi) is 8.47. The molecule has 1 N–H and O–H groups in total. The summed E-state index contributed by atoms with van der Waals surface area (Å²) in [5, 5.41) is 3.01. The maximum atomic E-state index is 11.7. The Morgan fingerprint density at radius 1 is 1.20 bits per heavy atom. The van der Waals surface area contributed by atoms with E-state index in [0.29, 0.717) is 0 Å². The summed E-state index contributed by atoms with van der Waals surface area (Å²) in [5.41, 5.74) is -0.206. The lowest BCUT2D eigenvalue weighted by Gasteiger charge is -2.21. The number of nitrogens with one attached hydrogen (secondary N) is 1. The summed E-state index contributed by atoms with van der Waals surface area (Å²) in [6, 6.07) is 0. The van der Waals surface area contributed by atoms with Gasteiger partial charge in [0, 0.05) is 12.0 Å². The van der Waals surface area contributed by atoms with Crippen LogP contribution < -0.4 is 5.32 Å². The largest absolute Gasteiger partial charge is 0.356 e. The van der Waals surface area contributed by atoms with Gasteiger partial charge < -0.3 is 5.32 Å². The number of halogens is 1. The van der Waals surface area contributed by atoms with Crippen LogP contribution in [0.3, 0.4) is 0 Å². The van der Waals surface area contributed by atoms with Crippen molar-refractivity contribution in [1.82, 2.24) is 5.32 Å². The lowest BCUT2D eigenvalue weighted by atomic mass is 9.89. The highest BCUT2D eigenvalue weighted by Gasteiger charge is 2.24. The van der Waals surface area contributed by atoms with Gasteiger partial charge >= 0.3 is 0 Å². The highest BCUT2D eigenvalue weighted by Crippen LogP contribution is 2.19. The van der Waals surface area contributed by atoms with Crippen molar-refractivity contribution in [1.29, 1.82) is 0 Å². The summed E-state index contributed by atoms with van der Waals surface area (Å²) in [6.45, 7) is 6.89. The number of alkyl halides is 1. The van der Waals surface area contributed by atoms with E-state index in [9.17, 15) is 4.79 Å². The van der Waals surface area contributed by atoms with Crippen molar-refractivity contribution in [3.63, 3.8) is 0 Å². The Morgan fingerprint density at radius 2 is 1.80 bits per heavy atom. The first-order valence-corrected chi connectivity index (χ1v) is 7.41. The van der Waals surface area contributed by atoms with Crippen LogP contribution in [-0.4, -0.2) is 16.9 Å². The third-order valence-electron chi connectivity index (χ3n) is 2.84. The Morgan fingerprint density at radius 3 is 2.33 bits per heavy atom. The molecule has 0 aliphatic rings. The average molecular weight is 325 g/mol. The maximum Gasteiger partial charge on any atom is 0.225 e. The predicted octanol–water partition coefficient (Wildman–Crippen LogP) is 3.53. The molecule has 1 amide bonds. The van der Waals surface area contributed by atoms with Gasteiger partial charge in [0.15, 0.2) is 0 Å². The molecule has 0 aliphatic heterocycles. The van der Waals surface area contributed by atoms with Crippen molar-refractivity contribution >= 4 is 28.5 Å². The molecule has 0 aromatic carbocycles. The molecule has 0 bridgehead atoms. The van der Waals surface area contributed by atoms with E-state index in [1.165, 1.54) is 23.7 Å². The number of rotatable bonds is 8. The Labute approximate surface area is 108 Å². The second-order valence-corrected chi connectivity index (χ2v) is 5.68. The summed E-state index contributed by atoms with van der Waals surface area (Å²) in [5.74, 6) is 0.193. The summed E-state index contributed by atoms with van der Waals surface area (Å²) in [6.07, 6.45) is 5.83. The van der Waals surface area contributed by atoms with Crippen LogP contribution in [0.15, 0.2) is 0 Å². The van der Waals surface area contributed by atoms with E-state index in [1.54, 1.807) is 0 Å². The third kappa shape index (κ3) is 7.14. The van der Waals surface area contributed by atoms with E-state index >= 15 is 0 Å². The lowest BCUT2D eigenvalue weighted by Crippen LogP contribution is -2.36. The van der Waals surface area contributed by atoms with Crippen LogP contribution in [0.5, 0.6) is 0 Å². The molecule has 0 saturated carbocycles. The molecule has 0 unspecified atom stereocenters. The molecule has 3 heteroatoms. The number of unbranched alkanes of at least 4 members (excludes halogenated alkanes) is 3. The molecule has 0 spiro atoms. The number of hydrogen-bond acceptors (Lipinski definition) is 1. The van der Waals surface area contributed by atoms with Gasteiger partial charge in [0.05, 0.1) is 0 Å². The van der Waals surface area contributed by atoms with Crippen molar-refractivity contribution < 1.29 is 4.79 Å². The normalized spacial score (nSPS) is 11.5. The monoisotopic (exact) mass is 325 g/mol. The fourth-order valence-corrected chi connectivity index (χ4v) is 1.71. The fraction of sp³-hybridized carbons (Fsp3) is 0.917. The Bertz CT molecular complexity index is 180. The molecular weight excluding hydrogens is 301 g/mol. The molecule has 0 aromatic rings. The average Bonchev–Trinajstić information content (AvgIpc) is 2.22. The van der Waals surface area contributed by atoms with E-state index in [1.807, 2.05) is 13.8 Å². The summed E-state index contributed by atoms with van der Waals surface area (Å²) < 4.78 is 1.24. The maximum absolute atomic E-state index is 11.7. The van der Waals surface area contributed by atoms with Crippen molar-refractivity contribution in [2.45, 2.75) is 52.9 Å². The molecule has 2 nitrogen and oxygen atoms in total. The number of carbonyl (C=O) groups is 1. The zero-order chi connectivity index (χ0) is 11.7. The molecule has 0 radical (unpaired) electrons. The SMILES string of the molecule is CCC(C)(C)C(=O)NCCCCCCI. The van der Waals surface area contributed by atoms with Crippen LogP contribution in [0.1, 0.15) is 52.9 Å². The first-order chi connectivity index (χ1) is 7.04. The first-order valence-electron chi connectivity index (χ1n) is 5.89. The molecular formula is C12H24INO. The molecule has 0 rings (SSSR count). The number of carbonyl (C=O) groups excluding carboxylic acids is 1. The fourth-order valence-electron chi connectivity index (χ4n) is 1.17. The second kappa shape index (κ2) is 8.36. The quantitative estimate of drug-likeness (QED) is 0.413. The standard InChI is InChI=1S/C12H24INO/c1-4-12(2,3)11(15)14-10-8-6-5-7-9-13/h4-10H2,1-3H3,(H,14,15). The van der Waals surface area contributed by atoms with Gasteiger partial charge in [-0.15, -0.1) is 0 Å². The molecule has 0 saturated heterocycles. The van der Waals surface area contributed by atoms with Crippen molar-refractivity contribution in [3.8, 4) is 0 Å². The van der Waals surface area contributed by atoms with Crippen LogP contribution in [0.2, 0.25) is 0 Å². The van der Waals surface area contributed by atoms with Gasteiger partial charge in [-0.05, 0) is 23.7 Å². The van der Waals surface area contributed by atoms with Gasteiger partial charge in [-0.25, -0.2) is 0 Å². The van der Waals surface area contributed by atoms with Crippen molar-refractivity contribution in [2.75, 3.05) is 11.0 Å². The number of amides is 1. The van der Waals surface area contributed by atoms with Gasteiger partial charge in [-0.2, -0.15) is 0 Å². The van der Waals surface area contributed by atoms with E-state index < -0.39 is 0 Å². The highest BCUT2D eigenvalue weighted by atomic mass is 127. The molecule has 15 heavy (non-hydrogen) atoms. The van der Waals surface area contributed by atoms with Crippen LogP contribution >= 0.6 is 22.6 Å². The van der Waals surface area contributed by atoms with E-state index in [4.69, 9.17) is 0 Å². The molecule has 0 aliphatic carbocycles. The lowest BCUT2D eigenvalue weighted by molar-refractivity contribution is -0.129. The van der Waals surface area contributed by atoms with Crippen LogP contribution in [0, 0.1) is 5.41 Å². The van der Waals surface area contributed by atoms with Gasteiger partial charge in [-0.1, -0.05) is 56.2 Å². The van der Waals surface area contributed by atoms with E-state index in [2.05, 4.69) is 34.8 Å². The summed E-state index contributed by atoms with van der Waals surface area (Å²) in [4.78, 5) is 11.7. The predicted molar refractivity (Wildman–Crippen MR) is 74.4 cm³/mol. The summed E-state index contributed by atoms with van der Waals surface area (Å²) in [7, 11) is 0. The second-order valence-electron chi connectivity index (χ2n) is 4.60.